The lowest BCUT2D eigenvalue weighted by atomic mass is 9.97. The Kier molecular flexibility index (Phi) is 5.89. The fourth-order valence-corrected chi connectivity index (χ4v) is 3.36. The zero-order chi connectivity index (χ0) is 16.1. The molecule has 0 unspecified atom stereocenters. The highest BCUT2D eigenvalue weighted by molar-refractivity contribution is 8.00. The molecule has 5 heteroatoms. The standard InChI is InChI=1S/C17H23NO3S/c1-12(2)13-3-5-15(6-4-13)22-11-16(19)18-9-7-14(8-10-18)17(20)21/h3-6,12,14H,7-11H2,1-2H3,(H,20,21). The maximum absolute atomic E-state index is 12.2. The number of amides is 1. The van der Waals surface area contributed by atoms with E-state index in [4.69, 9.17) is 5.11 Å². The molecule has 0 aliphatic carbocycles. The molecular weight excluding hydrogens is 298 g/mol. The van der Waals surface area contributed by atoms with Crippen LogP contribution in [0.15, 0.2) is 29.2 Å². The number of carbonyl (C=O) groups excluding carboxylic acids is 1. The lowest BCUT2D eigenvalue weighted by molar-refractivity contribution is -0.145. The Morgan fingerprint density at radius 1 is 1.23 bits per heavy atom. The van der Waals surface area contributed by atoms with Crippen molar-refractivity contribution >= 4 is 23.6 Å². The number of hydrogen-bond acceptors (Lipinski definition) is 3. The number of carboxylic acid groups (broad SMARTS) is 1. The largest absolute Gasteiger partial charge is 0.481 e. The van der Waals surface area contributed by atoms with E-state index >= 15 is 0 Å². The summed E-state index contributed by atoms with van der Waals surface area (Å²) in [6.45, 7) is 5.43. The summed E-state index contributed by atoms with van der Waals surface area (Å²) in [5.41, 5.74) is 1.30. The van der Waals surface area contributed by atoms with Crippen molar-refractivity contribution in [3.8, 4) is 0 Å². The molecule has 2 rings (SSSR count). The van der Waals surface area contributed by atoms with Crippen LogP contribution in [0, 0.1) is 5.92 Å². The van der Waals surface area contributed by atoms with Crippen LogP contribution < -0.4 is 0 Å². The van der Waals surface area contributed by atoms with Gasteiger partial charge in [0.05, 0.1) is 11.7 Å². The molecule has 1 saturated heterocycles. The van der Waals surface area contributed by atoms with E-state index in [-0.39, 0.29) is 11.8 Å². The molecule has 1 amide bonds. The Labute approximate surface area is 135 Å². The van der Waals surface area contributed by atoms with Crippen molar-refractivity contribution in [3.63, 3.8) is 0 Å². The van der Waals surface area contributed by atoms with Gasteiger partial charge in [-0.25, -0.2) is 0 Å². The molecule has 1 aliphatic rings. The first-order chi connectivity index (χ1) is 10.5. The first kappa shape index (κ1) is 16.9. The third-order valence-corrected chi connectivity index (χ3v) is 5.10. The van der Waals surface area contributed by atoms with Crippen LogP contribution in [0.3, 0.4) is 0 Å². The predicted molar refractivity (Wildman–Crippen MR) is 88.2 cm³/mol. The van der Waals surface area contributed by atoms with Gasteiger partial charge in [0.1, 0.15) is 0 Å². The highest BCUT2D eigenvalue weighted by atomic mass is 32.2. The molecule has 1 aromatic carbocycles. The molecule has 0 radical (unpaired) electrons. The lowest BCUT2D eigenvalue weighted by Gasteiger charge is -2.30. The number of carbonyl (C=O) groups is 2. The summed E-state index contributed by atoms with van der Waals surface area (Å²) in [4.78, 5) is 26.0. The topological polar surface area (TPSA) is 57.6 Å². The third kappa shape index (κ3) is 4.50. The number of carboxylic acids is 1. The van der Waals surface area contributed by atoms with Gasteiger partial charge in [0, 0.05) is 18.0 Å². The molecule has 0 atom stereocenters. The summed E-state index contributed by atoms with van der Waals surface area (Å²) in [6.07, 6.45) is 1.13. The highest BCUT2D eigenvalue weighted by Crippen LogP contribution is 2.23. The summed E-state index contributed by atoms with van der Waals surface area (Å²) >= 11 is 1.54. The summed E-state index contributed by atoms with van der Waals surface area (Å²) in [6, 6.07) is 8.33. The van der Waals surface area contributed by atoms with E-state index in [1.165, 1.54) is 5.56 Å². The van der Waals surface area contributed by atoms with E-state index in [0.717, 1.165) is 4.90 Å². The minimum Gasteiger partial charge on any atom is -0.481 e. The number of benzene rings is 1. The number of piperidine rings is 1. The van der Waals surface area contributed by atoms with Crippen molar-refractivity contribution in [2.45, 2.75) is 37.5 Å². The van der Waals surface area contributed by atoms with Crippen LogP contribution in [0.2, 0.25) is 0 Å². The Morgan fingerprint density at radius 3 is 2.32 bits per heavy atom. The van der Waals surface area contributed by atoms with Gasteiger partial charge in [0.25, 0.3) is 0 Å². The maximum atomic E-state index is 12.2. The molecule has 0 saturated carbocycles. The average Bonchev–Trinajstić information content (AvgIpc) is 2.53. The van der Waals surface area contributed by atoms with Gasteiger partial charge >= 0.3 is 5.97 Å². The second kappa shape index (κ2) is 7.68. The quantitative estimate of drug-likeness (QED) is 0.846. The fraction of sp³-hybridized carbons (Fsp3) is 0.529. The van der Waals surface area contributed by atoms with Crippen LogP contribution in [-0.4, -0.2) is 40.7 Å². The average molecular weight is 321 g/mol. The molecule has 1 aromatic rings. The Hall–Kier alpha value is -1.49. The normalized spacial score (nSPS) is 16.0. The van der Waals surface area contributed by atoms with Crippen LogP contribution in [0.25, 0.3) is 0 Å². The molecule has 1 aliphatic heterocycles. The minimum absolute atomic E-state index is 0.0989. The maximum Gasteiger partial charge on any atom is 0.306 e. The number of rotatable bonds is 5. The number of nitrogens with zero attached hydrogens (tertiary/aromatic N) is 1. The van der Waals surface area contributed by atoms with Crippen LogP contribution in [-0.2, 0) is 9.59 Å². The van der Waals surface area contributed by atoms with Crippen LogP contribution >= 0.6 is 11.8 Å². The zero-order valence-corrected chi connectivity index (χ0v) is 13.9. The summed E-state index contributed by atoms with van der Waals surface area (Å²) < 4.78 is 0. The van der Waals surface area contributed by atoms with E-state index in [9.17, 15) is 9.59 Å². The summed E-state index contributed by atoms with van der Waals surface area (Å²) in [5.74, 6) is -0.0105. The molecule has 0 spiro atoms. The van der Waals surface area contributed by atoms with Gasteiger partial charge in [-0.1, -0.05) is 26.0 Å². The van der Waals surface area contributed by atoms with E-state index < -0.39 is 5.97 Å². The van der Waals surface area contributed by atoms with Gasteiger partial charge in [0.2, 0.25) is 5.91 Å². The minimum atomic E-state index is -0.744. The van der Waals surface area contributed by atoms with Gasteiger partial charge < -0.3 is 10.0 Å². The van der Waals surface area contributed by atoms with Gasteiger partial charge in [0.15, 0.2) is 0 Å². The Balaban J connectivity index is 1.79. The van der Waals surface area contributed by atoms with E-state index in [1.807, 2.05) is 0 Å². The molecule has 0 aromatic heterocycles. The first-order valence-electron chi connectivity index (χ1n) is 7.70. The molecule has 22 heavy (non-hydrogen) atoms. The summed E-state index contributed by atoms with van der Waals surface area (Å²) in [5, 5.41) is 8.97. The van der Waals surface area contributed by atoms with Crippen LogP contribution in [0.4, 0.5) is 0 Å². The smallest absolute Gasteiger partial charge is 0.306 e. The van der Waals surface area contributed by atoms with E-state index in [0.29, 0.717) is 37.6 Å². The van der Waals surface area contributed by atoms with Gasteiger partial charge in [-0.05, 0) is 36.5 Å². The van der Waals surface area contributed by atoms with Crippen molar-refractivity contribution in [1.82, 2.24) is 4.90 Å². The Morgan fingerprint density at radius 2 is 1.82 bits per heavy atom. The van der Waals surface area contributed by atoms with E-state index in [1.54, 1.807) is 16.7 Å². The molecule has 1 N–H and O–H groups in total. The second-order valence-corrected chi connectivity index (χ2v) is 7.05. The zero-order valence-electron chi connectivity index (χ0n) is 13.1. The monoisotopic (exact) mass is 321 g/mol. The highest BCUT2D eigenvalue weighted by Gasteiger charge is 2.26. The third-order valence-electron chi connectivity index (χ3n) is 4.11. The van der Waals surface area contributed by atoms with Gasteiger partial charge in [-0.3, -0.25) is 9.59 Å². The van der Waals surface area contributed by atoms with Crippen molar-refractivity contribution < 1.29 is 14.7 Å². The van der Waals surface area contributed by atoms with Crippen molar-refractivity contribution in [2.24, 2.45) is 5.92 Å². The lowest BCUT2D eigenvalue weighted by Crippen LogP contribution is -2.41. The molecule has 4 nitrogen and oxygen atoms in total. The predicted octanol–water partition coefficient (Wildman–Crippen LogP) is 3.23. The molecule has 120 valence electrons. The number of aliphatic carboxylic acids is 1. The summed E-state index contributed by atoms with van der Waals surface area (Å²) in [7, 11) is 0. The number of thioether (sulfide) groups is 1. The molecule has 0 bridgehead atoms. The van der Waals surface area contributed by atoms with Crippen LogP contribution in [0.1, 0.15) is 38.2 Å². The van der Waals surface area contributed by atoms with Gasteiger partial charge in [-0.15, -0.1) is 11.8 Å². The van der Waals surface area contributed by atoms with Crippen molar-refractivity contribution in [3.05, 3.63) is 29.8 Å². The van der Waals surface area contributed by atoms with Crippen molar-refractivity contribution in [1.29, 1.82) is 0 Å². The van der Waals surface area contributed by atoms with E-state index in [2.05, 4.69) is 38.1 Å². The molecular formula is C17H23NO3S. The first-order valence-corrected chi connectivity index (χ1v) is 8.69. The number of hydrogen-bond donors (Lipinski definition) is 1. The Bertz CT molecular complexity index is 519. The van der Waals surface area contributed by atoms with Gasteiger partial charge in [-0.2, -0.15) is 0 Å². The van der Waals surface area contributed by atoms with Crippen LogP contribution in [0.5, 0.6) is 0 Å². The molecule has 1 heterocycles. The fourth-order valence-electron chi connectivity index (χ4n) is 2.56. The number of likely N-dealkylation sites (tertiary alicyclic amines) is 1. The SMILES string of the molecule is CC(C)c1ccc(SCC(=O)N2CCC(C(=O)O)CC2)cc1. The molecule has 1 fully saturated rings. The second-order valence-electron chi connectivity index (χ2n) is 6.01. The van der Waals surface area contributed by atoms with Crippen molar-refractivity contribution in [2.75, 3.05) is 18.8 Å².